The fourth-order valence-corrected chi connectivity index (χ4v) is 3.68. The number of rotatable bonds is 5. The second-order valence-corrected chi connectivity index (χ2v) is 8.96. The van der Waals surface area contributed by atoms with Crippen LogP contribution in [0.1, 0.15) is 60.7 Å². The summed E-state index contributed by atoms with van der Waals surface area (Å²) in [4.78, 5) is 43.2. The molecule has 33 heavy (non-hydrogen) atoms. The number of esters is 1. The fourth-order valence-electron chi connectivity index (χ4n) is 3.68. The molecule has 1 fully saturated rings. The Bertz CT molecular complexity index is 1220. The van der Waals surface area contributed by atoms with Gasteiger partial charge in [-0.05, 0) is 52.2 Å². The van der Waals surface area contributed by atoms with Gasteiger partial charge in [0.1, 0.15) is 11.4 Å². The van der Waals surface area contributed by atoms with E-state index in [1.807, 2.05) is 20.8 Å². The summed E-state index contributed by atoms with van der Waals surface area (Å²) in [6, 6.07) is 8.50. The Morgan fingerprint density at radius 2 is 1.97 bits per heavy atom. The Morgan fingerprint density at radius 3 is 2.58 bits per heavy atom. The maximum atomic E-state index is 13.3. The number of amides is 1. The van der Waals surface area contributed by atoms with Crippen molar-refractivity contribution in [3.8, 4) is 11.3 Å². The standard InChI is InChI=1S/C24H26N4O5/c1-24(2,3)33-23(31)27(18-9-6-10-18)20-12-19(26-21-17(14-29)13-25-28(20)21)15-7-5-8-16(11-15)22(30)32-4/h5,7-8,11-14,18H,6,9-10H2,1-4H3. The van der Waals surface area contributed by atoms with Gasteiger partial charge in [0.25, 0.3) is 0 Å². The van der Waals surface area contributed by atoms with E-state index >= 15 is 0 Å². The zero-order valence-electron chi connectivity index (χ0n) is 19.1. The molecule has 0 spiro atoms. The van der Waals surface area contributed by atoms with Crippen molar-refractivity contribution in [3.05, 3.63) is 47.7 Å². The van der Waals surface area contributed by atoms with Gasteiger partial charge >= 0.3 is 12.1 Å². The van der Waals surface area contributed by atoms with Crippen LogP contribution in [0.15, 0.2) is 36.5 Å². The molecule has 9 nitrogen and oxygen atoms in total. The topological polar surface area (TPSA) is 103 Å². The molecular formula is C24H26N4O5. The van der Waals surface area contributed by atoms with E-state index in [0.717, 1.165) is 19.3 Å². The van der Waals surface area contributed by atoms with Crippen molar-refractivity contribution in [2.24, 2.45) is 0 Å². The number of hydrogen-bond donors (Lipinski definition) is 0. The van der Waals surface area contributed by atoms with Crippen LogP contribution in [0.25, 0.3) is 16.9 Å². The summed E-state index contributed by atoms with van der Waals surface area (Å²) >= 11 is 0. The van der Waals surface area contributed by atoms with Gasteiger partial charge in [0.05, 0.1) is 30.1 Å². The summed E-state index contributed by atoms with van der Waals surface area (Å²) < 4.78 is 12.0. The highest BCUT2D eigenvalue weighted by atomic mass is 16.6. The minimum Gasteiger partial charge on any atom is -0.465 e. The number of hydrogen-bond acceptors (Lipinski definition) is 7. The van der Waals surface area contributed by atoms with Crippen LogP contribution in [0.2, 0.25) is 0 Å². The molecule has 1 aliphatic rings. The number of fused-ring (bicyclic) bond motifs is 1. The van der Waals surface area contributed by atoms with Crippen molar-refractivity contribution < 1.29 is 23.9 Å². The molecule has 3 aromatic rings. The number of benzene rings is 1. The molecule has 1 amide bonds. The van der Waals surface area contributed by atoms with Crippen LogP contribution in [0.5, 0.6) is 0 Å². The molecule has 0 aliphatic heterocycles. The van der Waals surface area contributed by atoms with Crippen molar-refractivity contribution in [1.82, 2.24) is 14.6 Å². The van der Waals surface area contributed by atoms with Gasteiger partial charge in [-0.15, -0.1) is 0 Å². The van der Waals surface area contributed by atoms with Crippen molar-refractivity contribution in [2.75, 3.05) is 12.0 Å². The van der Waals surface area contributed by atoms with E-state index in [-0.39, 0.29) is 6.04 Å². The van der Waals surface area contributed by atoms with Gasteiger partial charge in [-0.1, -0.05) is 12.1 Å². The van der Waals surface area contributed by atoms with Gasteiger partial charge in [-0.2, -0.15) is 9.61 Å². The molecule has 0 saturated heterocycles. The maximum Gasteiger partial charge on any atom is 0.416 e. The molecule has 2 heterocycles. The first-order chi connectivity index (χ1) is 15.7. The third-order valence-corrected chi connectivity index (χ3v) is 5.46. The molecule has 0 atom stereocenters. The summed E-state index contributed by atoms with van der Waals surface area (Å²) in [5.74, 6) is -0.0218. The van der Waals surface area contributed by atoms with Crippen molar-refractivity contribution in [3.63, 3.8) is 0 Å². The Hall–Kier alpha value is -3.75. The third-order valence-electron chi connectivity index (χ3n) is 5.46. The van der Waals surface area contributed by atoms with Crippen molar-refractivity contribution in [2.45, 2.75) is 51.7 Å². The highest BCUT2D eigenvalue weighted by Gasteiger charge is 2.35. The second-order valence-electron chi connectivity index (χ2n) is 8.96. The van der Waals surface area contributed by atoms with Gasteiger partial charge < -0.3 is 9.47 Å². The monoisotopic (exact) mass is 450 g/mol. The molecular weight excluding hydrogens is 424 g/mol. The first-order valence-electron chi connectivity index (χ1n) is 10.8. The molecule has 2 aromatic heterocycles. The van der Waals surface area contributed by atoms with E-state index in [0.29, 0.717) is 40.1 Å². The number of carbonyl (C=O) groups is 3. The average molecular weight is 450 g/mol. The molecule has 1 aliphatic carbocycles. The highest BCUT2D eigenvalue weighted by molar-refractivity contribution is 5.93. The van der Waals surface area contributed by atoms with Crippen LogP contribution in [0, 0.1) is 0 Å². The van der Waals surface area contributed by atoms with Crippen LogP contribution in [0.3, 0.4) is 0 Å². The maximum absolute atomic E-state index is 13.3. The Balaban J connectivity index is 1.90. The van der Waals surface area contributed by atoms with Crippen molar-refractivity contribution >= 4 is 29.8 Å². The fraction of sp³-hybridized carbons (Fsp3) is 0.375. The lowest BCUT2D eigenvalue weighted by Crippen LogP contribution is -2.47. The Morgan fingerprint density at radius 1 is 1.21 bits per heavy atom. The number of carbonyl (C=O) groups excluding carboxylic acids is 3. The lowest BCUT2D eigenvalue weighted by molar-refractivity contribution is 0.0545. The lowest BCUT2D eigenvalue weighted by atomic mass is 9.91. The van der Waals surface area contributed by atoms with Crippen molar-refractivity contribution in [1.29, 1.82) is 0 Å². The average Bonchev–Trinajstić information content (AvgIpc) is 3.17. The number of nitrogens with zero attached hydrogens (tertiary/aromatic N) is 4. The summed E-state index contributed by atoms with van der Waals surface area (Å²) in [6.45, 7) is 5.44. The number of methoxy groups -OCH3 is 1. The van der Waals surface area contributed by atoms with Gasteiger partial charge in [-0.25, -0.2) is 14.6 Å². The quantitative estimate of drug-likeness (QED) is 0.422. The first-order valence-corrected chi connectivity index (χ1v) is 10.8. The van der Waals surface area contributed by atoms with E-state index in [1.54, 1.807) is 35.2 Å². The largest absolute Gasteiger partial charge is 0.465 e. The normalized spacial score (nSPS) is 13.9. The number of aldehydes is 1. The summed E-state index contributed by atoms with van der Waals surface area (Å²) in [6.07, 6.45) is 4.27. The summed E-state index contributed by atoms with van der Waals surface area (Å²) in [5, 5.41) is 4.32. The summed E-state index contributed by atoms with van der Waals surface area (Å²) in [5.41, 5.74) is 1.41. The van der Waals surface area contributed by atoms with Gasteiger partial charge in [0.15, 0.2) is 11.9 Å². The predicted octanol–water partition coefficient (Wildman–Crippen LogP) is 4.29. The molecule has 1 saturated carbocycles. The van der Waals surface area contributed by atoms with Crippen LogP contribution in [0.4, 0.5) is 10.6 Å². The Labute approximate surface area is 191 Å². The lowest BCUT2D eigenvalue weighted by Gasteiger charge is -2.38. The van der Waals surface area contributed by atoms with Gasteiger partial charge in [0, 0.05) is 17.7 Å². The molecule has 4 rings (SSSR count). The van der Waals surface area contributed by atoms with Crippen LogP contribution in [-0.4, -0.2) is 51.7 Å². The molecule has 9 heteroatoms. The number of anilines is 1. The highest BCUT2D eigenvalue weighted by Crippen LogP contribution is 2.34. The van der Waals surface area contributed by atoms with Gasteiger partial charge in [-0.3, -0.25) is 9.69 Å². The van der Waals surface area contributed by atoms with Crippen LogP contribution in [-0.2, 0) is 9.47 Å². The molecule has 0 radical (unpaired) electrons. The van der Waals surface area contributed by atoms with Crippen LogP contribution < -0.4 is 4.90 Å². The van der Waals surface area contributed by atoms with E-state index in [9.17, 15) is 14.4 Å². The zero-order chi connectivity index (χ0) is 23.8. The molecule has 0 unspecified atom stereocenters. The molecule has 1 aromatic carbocycles. The predicted molar refractivity (Wildman–Crippen MR) is 122 cm³/mol. The zero-order valence-corrected chi connectivity index (χ0v) is 19.1. The third kappa shape index (κ3) is 4.44. The number of ether oxygens (including phenoxy) is 2. The van der Waals surface area contributed by atoms with Crippen LogP contribution >= 0.6 is 0 Å². The Kier molecular flexibility index (Phi) is 5.88. The minimum atomic E-state index is -0.680. The second kappa shape index (κ2) is 8.65. The molecule has 0 N–H and O–H groups in total. The minimum absolute atomic E-state index is 0.0522. The van der Waals surface area contributed by atoms with Gasteiger partial charge in [0.2, 0.25) is 0 Å². The SMILES string of the molecule is COC(=O)c1cccc(-c2cc(N(C(=O)OC(C)(C)C)C3CCC3)n3ncc(C=O)c3n2)c1. The summed E-state index contributed by atoms with van der Waals surface area (Å²) in [7, 11) is 1.32. The van der Waals surface area contributed by atoms with E-state index in [4.69, 9.17) is 9.47 Å². The smallest absolute Gasteiger partial charge is 0.416 e. The van der Waals surface area contributed by atoms with E-state index in [1.165, 1.54) is 17.8 Å². The molecule has 0 bridgehead atoms. The van der Waals surface area contributed by atoms with E-state index < -0.39 is 17.7 Å². The molecule has 172 valence electrons. The first kappa shape index (κ1) is 22.4. The number of aromatic nitrogens is 3. The van der Waals surface area contributed by atoms with E-state index in [2.05, 4.69) is 10.1 Å².